The van der Waals surface area contributed by atoms with Gasteiger partial charge in [-0.25, -0.2) is 4.98 Å². The molecule has 5 nitrogen and oxygen atoms in total. The van der Waals surface area contributed by atoms with E-state index in [0.717, 1.165) is 29.2 Å². The van der Waals surface area contributed by atoms with Crippen molar-refractivity contribution in [2.45, 2.75) is 32.3 Å². The highest BCUT2D eigenvalue weighted by Gasteiger charge is 2.29. The van der Waals surface area contributed by atoms with Crippen molar-refractivity contribution < 1.29 is 9.90 Å². The molecule has 1 fully saturated rings. The number of nitrogens with zero attached hydrogens (tertiary/aromatic N) is 2. The van der Waals surface area contributed by atoms with Crippen molar-refractivity contribution in [3.63, 3.8) is 0 Å². The predicted molar refractivity (Wildman–Crippen MR) is 101 cm³/mol. The molecule has 1 aromatic heterocycles. The molecule has 1 amide bonds. The number of anilines is 1. The fourth-order valence-corrected chi connectivity index (χ4v) is 4.24. The molecule has 0 spiro atoms. The quantitative estimate of drug-likeness (QED) is 0.861. The van der Waals surface area contributed by atoms with E-state index in [4.69, 9.17) is 0 Å². The first kappa shape index (κ1) is 17.9. The molecule has 6 heteroatoms. The Morgan fingerprint density at radius 3 is 2.64 bits per heavy atom. The highest BCUT2D eigenvalue weighted by molar-refractivity contribution is 7.17. The van der Waals surface area contributed by atoms with Crippen LogP contribution >= 0.6 is 11.3 Å². The number of aliphatic hydroxyl groups is 1. The van der Waals surface area contributed by atoms with Crippen LogP contribution in [0.3, 0.4) is 0 Å². The third kappa shape index (κ3) is 4.19. The molecular formula is C19H25N3O2S. The normalized spacial score (nSPS) is 16.7. The monoisotopic (exact) mass is 359 g/mol. The van der Waals surface area contributed by atoms with Gasteiger partial charge < -0.3 is 15.3 Å². The molecule has 1 aromatic carbocycles. The van der Waals surface area contributed by atoms with Crippen LogP contribution in [0.2, 0.25) is 0 Å². The van der Waals surface area contributed by atoms with Crippen LogP contribution in [-0.4, -0.2) is 47.1 Å². The second kappa shape index (κ2) is 7.97. The topological polar surface area (TPSA) is 65.5 Å². The molecule has 0 radical (unpaired) electrons. The van der Waals surface area contributed by atoms with E-state index in [2.05, 4.69) is 10.3 Å². The zero-order valence-corrected chi connectivity index (χ0v) is 15.6. The van der Waals surface area contributed by atoms with Gasteiger partial charge >= 0.3 is 0 Å². The average molecular weight is 359 g/mol. The summed E-state index contributed by atoms with van der Waals surface area (Å²) in [5.74, 6) is 0.312. The molecule has 0 aliphatic carbocycles. The summed E-state index contributed by atoms with van der Waals surface area (Å²) in [5, 5.41) is 14.3. The van der Waals surface area contributed by atoms with Crippen LogP contribution in [0.25, 0.3) is 0 Å². The molecule has 1 aliphatic rings. The summed E-state index contributed by atoms with van der Waals surface area (Å²) in [4.78, 5) is 19.7. The maximum atomic E-state index is 12.7. The van der Waals surface area contributed by atoms with Crippen LogP contribution in [0.15, 0.2) is 30.3 Å². The van der Waals surface area contributed by atoms with Gasteiger partial charge in [-0.15, -0.1) is 0 Å². The number of benzene rings is 1. The number of piperidine rings is 1. The second-order valence-electron chi connectivity index (χ2n) is 6.57. The molecule has 1 atom stereocenters. The van der Waals surface area contributed by atoms with Gasteiger partial charge in [0, 0.05) is 20.1 Å². The molecule has 2 N–H and O–H groups in total. The van der Waals surface area contributed by atoms with Crippen LogP contribution in [0, 0.1) is 12.8 Å². The number of carbonyl (C=O) groups excluding carboxylic acids is 1. The largest absolute Gasteiger partial charge is 0.392 e. The number of aromatic nitrogens is 1. The minimum atomic E-state index is -0.347. The zero-order chi connectivity index (χ0) is 17.8. The first-order valence-electron chi connectivity index (χ1n) is 8.75. The Hall–Kier alpha value is -1.92. The number of likely N-dealkylation sites (tertiary alicyclic amines) is 1. The molecule has 2 heterocycles. The number of hydrogen-bond acceptors (Lipinski definition) is 5. The number of hydrogen-bond donors (Lipinski definition) is 2. The molecule has 3 rings (SSSR count). The summed E-state index contributed by atoms with van der Waals surface area (Å²) in [6, 6.07) is 10.1. The number of nitrogens with one attached hydrogen (secondary N) is 1. The van der Waals surface area contributed by atoms with Crippen molar-refractivity contribution in [1.82, 2.24) is 9.88 Å². The van der Waals surface area contributed by atoms with Crippen molar-refractivity contribution in [3.05, 3.63) is 46.5 Å². The third-order valence-electron chi connectivity index (χ3n) is 4.86. The molecule has 0 bridgehead atoms. The van der Waals surface area contributed by atoms with Gasteiger partial charge in [0.25, 0.3) is 5.91 Å². The number of aryl methyl sites for hydroxylation is 1. The first-order valence-corrected chi connectivity index (χ1v) is 9.56. The number of amides is 1. The minimum Gasteiger partial charge on any atom is -0.392 e. The van der Waals surface area contributed by atoms with E-state index in [9.17, 15) is 9.90 Å². The summed E-state index contributed by atoms with van der Waals surface area (Å²) in [6.07, 6.45) is 2.02. The SMILES string of the molecule is CNc1nc(C)c(C(=O)N2CCC(C(O)Cc3ccccc3)CC2)s1. The molecular weight excluding hydrogens is 334 g/mol. The molecule has 1 unspecified atom stereocenters. The summed E-state index contributed by atoms with van der Waals surface area (Å²) >= 11 is 1.41. The number of thiazole rings is 1. The zero-order valence-electron chi connectivity index (χ0n) is 14.7. The van der Waals surface area contributed by atoms with Crippen molar-refractivity contribution in [1.29, 1.82) is 0 Å². The fourth-order valence-electron chi connectivity index (χ4n) is 3.35. The van der Waals surface area contributed by atoms with Crippen LogP contribution in [0.1, 0.15) is 33.8 Å². The van der Waals surface area contributed by atoms with Crippen molar-refractivity contribution >= 4 is 22.4 Å². The lowest BCUT2D eigenvalue weighted by Crippen LogP contribution is -2.41. The number of rotatable bonds is 5. The van der Waals surface area contributed by atoms with Gasteiger partial charge in [0.05, 0.1) is 11.8 Å². The molecule has 25 heavy (non-hydrogen) atoms. The molecule has 2 aromatic rings. The summed E-state index contributed by atoms with van der Waals surface area (Å²) in [6.45, 7) is 3.27. The van der Waals surface area contributed by atoms with Gasteiger partial charge in [-0.2, -0.15) is 0 Å². The number of carbonyl (C=O) groups is 1. The van der Waals surface area contributed by atoms with Crippen LogP contribution in [0.4, 0.5) is 5.13 Å². The first-order chi connectivity index (χ1) is 12.1. The van der Waals surface area contributed by atoms with E-state index in [-0.39, 0.29) is 17.9 Å². The Kier molecular flexibility index (Phi) is 5.71. The van der Waals surface area contributed by atoms with E-state index >= 15 is 0 Å². The molecule has 134 valence electrons. The van der Waals surface area contributed by atoms with Gasteiger partial charge in [-0.05, 0) is 37.7 Å². The lowest BCUT2D eigenvalue weighted by Gasteiger charge is -2.34. The van der Waals surface area contributed by atoms with E-state index in [1.165, 1.54) is 11.3 Å². The van der Waals surface area contributed by atoms with Gasteiger partial charge in [0.2, 0.25) is 0 Å². The van der Waals surface area contributed by atoms with Crippen molar-refractivity contribution in [2.24, 2.45) is 5.92 Å². The summed E-state index contributed by atoms with van der Waals surface area (Å²) in [7, 11) is 1.81. The van der Waals surface area contributed by atoms with Gasteiger partial charge in [0.1, 0.15) is 4.88 Å². The standard InChI is InChI=1S/C19H25N3O2S/c1-13-17(25-19(20-2)21-13)18(24)22-10-8-15(9-11-22)16(23)12-14-6-4-3-5-7-14/h3-7,15-16,23H,8-12H2,1-2H3,(H,20,21). The Morgan fingerprint density at radius 2 is 2.04 bits per heavy atom. The average Bonchev–Trinajstić information content (AvgIpc) is 3.03. The molecule has 1 aliphatic heterocycles. The Labute approximate surface area is 152 Å². The van der Waals surface area contributed by atoms with E-state index < -0.39 is 0 Å². The second-order valence-corrected chi connectivity index (χ2v) is 7.57. The van der Waals surface area contributed by atoms with E-state index in [0.29, 0.717) is 24.4 Å². The van der Waals surface area contributed by atoms with E-state index in [1.807, 2.05) is 49.2 Å². The van der Waals surface area contributed by atoms with Gasteiger partial charge in [0.15, 0.2) is 5.13 Å². The fraction of sp³-hybridized carbons (Fsp3) is 0.474. The maximum Gasteiger partial charge on any atom is 0.265 e. The Bertz CT molecular complexity index is 709. The maximum absolute atomic E-state index is 12.7. The van der Waals surface area contributed by atoms with Crippen molar-refractivity contribution in [3.8, 4) is 0 Å². The van der Waals surface area contributed by atoms with Crippen LogP contribution in [0.5, 0.6) is 0 Å². The lowest BCUT2D eigenvalue weighted by atomic mass is 9.88. The molecule has 0 saturated carbocycles. The van der Waals surface area contributed by atoms with Gasteiger partial charge in [-0.1, -0.05) is 41.7 Å². The van der Waals surface area contributed by atoms with Crippen LogP contribution in [-0.2, 0) is 6.42 Å². The Balaban J connectivity index is 1.56. The number of aliphatic hydroxyl groups excluding tert-OH is 1. The smallest absolute Gasteiger partial charge is 0.265 e. The van der Waals surface area contributed by atoms with E-state index in [1.54, 1.807) is 0 Å². The summed E-state index contributed by atoms with van der Waals surface area (Å²) in [5.41, 5.74) is 1.94. The predicted octanol–water partition coefficient (Wildman–Crippen LogP) is 2.95. The highest BCUT2D eigenvalue weighted by atomic mass is 32.1. The van der Waals surface area contributed by atoms with Gasteiger partial charge in [-0.3, -0.25) is 4.79 Å². The van der Waals surface area contributed by atoms with Crippen LogP contribution < -0.4 is 5.32 Å². The minimum absolute atomic E-state index is 0.0625. The highest BCUT2D eigenvalue weighted by Crippen LogP contribution is 2.27. The van der Waals surface area contributed by atoms with Crippen molar-refractivity contribution in [2.75, 3.05) is 25.5 Å². The third-order valence-corrected chi connectivity index (χ3v) is 6.03. The summed E-state index contributed by atoms with van der Waals surface area (Å²) < 4.78 is 0. The lowest BCUT2D eigenvalue weighted by molar-refractivity contribution is 0.0470. The Morgan fingerprint density at radius 1 is 1.36 bits per heavy atom. The molecule has 1 saturated heterocycles.